The van der Waals surface area contributed by atoms with E-state index in [0.717, 1.165) is 5.56 Å². The summed E-state index contributed by atoms with van der Waals surface area (Å²) in [6, 6.07) is 8.11. The molecule has 0 fully saturated rings. The molecule has 0 aliphatic carbocycles. The topological polar surface area (TPSA) is 102 Å². The molecule has 6 nitrogen and oxygen atoms in total. The van der Waals surface area contributed by atoms with Gasteiger partial charge < -0.3 is 16.5 Å². The molecule has 1 aromatic carbocycles. The van der Waals surface area contributed by atoms with Crippen LogP contribution in [0.1, 0.15) is 5.56 Å². The van der Waals surface area contributed by atoms with E-state index in [0.29, 0.717) is 24.6 Å². The van der Waals surface area contributed by atoms with Crippen LogP contribution in [0, 0.1) is 5.82 Å². The van der Waals surface area contributed by atoms with Gasteiger partial charge in [0, 0.05) is 12.6 Å². The molecule has 7 heteroatoms. The summed E-state index contributed by atoms with van der Waals surface area (Å²) >= 11 is 0. The lowest BCUT2D eigenvalue weighted by atomic mass is 10.1. The fraction of sp³-hybridized carbons (Fsp3) is 0.167. The lowest BCUT2D eigenvalue weighted by Gasteiger charge is -2.08. The summed E-state index contributed by atoms with van der Waals surface area (Å²) in [7, 11) is 0. The molecule has 2 aromatic rings. The maximum Gasteiger partial charge on any atom is 0.223 e. The zero-order valence-electron chi connectivity index (χ0n) is 10.2. The number of aromatic nitrogens is 2. The van der Waals surface area contributed by atoms with Gasteiger partial charge in [0.05, 0.1) is 0 Å². The summed E-state index contributed by atoms with van der Waals surface area (Å²) in [6.45, 7) is 0.601. The van der Waals surface area contributed by atoms with Crippen LogP contribution < -0.4 is 22.3 Å². The van der Waals surface area contributed by atoms with Gasteiger partial charge in [0.25, 0.3) is 0 Å². The quantitative estimate of drug-likeness (QED) is 0.476. The number of hydrogen-bond acceptors (Lipinski definition) is 6. The van der Waals surface area contributed by atoms with Gasteiger partial charge in [-0.2, -0.15) is 9.97 Å². The molecule has 0 saturated carbocycles. The third-order valence-corrected chi connectivity index (χ3v) is 2.50. The molecule has 100 valence electrons. The minimum absolute atomic E-state index is 0.128. The van der Waals surface area contributed by atoms with Gasteiger partial charge in [-0.25, -0.2) is 10.2 Å². The number of nitrogens with one attached hydrogen (secondary N) is 2. The molecule has 6 N–H and O–H groups in total. The largest absolute Gasteiger partial charge is 0.370 e. The highest BCUT2D eigenvalue weighted by atomic mass is 19.1. The van der Waals surface area contributed by atoms with Gasteiger partial charge in [0.15, 0.2) is 0 Å². The van der Waals surface area contributed by atoms with E-state index in [9.17, 15) is 4.39 Å². The Labute approximate surface area is 110 Å². The van der Waals surface area contributed by atoms with E-state index in [1.165, 1.54) is 12.1 Å². The molecule has 0 spiro atoms. The Morgan fingerprint density at radius 2 is 1.95 bits per heavy atom. The van der Waals surface area contributed by atoms with Crippen LogP contribution in [0.3, 0.4) is 0 Å². The van der Waals surface area contributed by atoms with Crippen molar-refractivity contribution in [1.82, 2.24) is 9.97 Å². The smallest absolute Gasteiger partial charge is 0.223 e. The highest BCUT2D eigenvalue weighted by Gasteiger charge is 2.01. The first-order valence-electron chi connectivity index (χ1n) is 5.77. The Balaban J connectivity index is 1.94. The van der Waals surface area contributed by atoms with Gasteiger partial charge in [-0.1, -0.05) is 12.1 Å². The van der Waals surface area contributed by atoms with Gasteiger partial charge in [-0.15, -0.1) is 0 Å². The van der Waals surface area contributed by atoms with Crippen molar-refractivity contribution < 1.29 is 4.39 Å². The second kappa shape index (κ2) is 5.96. The summed E-state index contributed by atoms with van der Waals surface area (Å²) in [4.78, 5) is 7.89. The first kappa shape index (κ1) is 13.0. The number of benzene rings is 1. The van der Waals surface area contributed by atoms with E-state index >= 15 is 0 Å². The number of anilines is 3. The van der Waals surface area contributed by atoms with E-state index in [1.807, 2.05) is 6.07 Å². The highest BCUT2D eigenvalue weighted by molar-refractivity contribution is 5.50. The Morgan fingerprint density at radius 3 is 2.68 bits per heavy atom. The Kier molecular flexibility index (Phi) is 4.09. The molecule has 0 bridgehead atoms. The van der Waals surface area contributed by atoms with Crippen molar-refractivity contribution in [2.45, 2.75) is 6.42 Å². The molecular weight excluding hydrogens is 247 g/mol. The molecular formula is C12H15FN6. The number of halogens is 1. The molecule has 0 atom stereocenters. The minimum atomic E-state index is -0.238. The van der Waals surface area contributed by atoms with Crippen molar-refractivity contribution in [3.8, 4) is 0 Å². The van der Waals surface area contributed by atoms with Crippen molar-refractivity contribution >= 4 is 17.6 Å². The maximum atomic E-state index is 13.0. The molecule has 0 aliphatic heterocycles. The van der Waals surface area contributed by atoms with Crippen LogP contribution in [0.5, 0.6) is 0 Å². The number of hydrogen-bond donors (Lipinski definition) is 4. The van der Waals surface area contributed by atoms with Crippen LogP contribution in [0.4, 0.5) is 22.0 Å². The molecule has 2 rings (SSSR count). The second-order valence-electron chi connectivity index (χ2n) is 3.95. The maximum absolute atomic E-state index is 13.0. The highest BCUT2D eigenvalue weighted by Crippen LogP contribution is 2.11. The number of rotatable bonds is 5. The second-order valence-corrected chi connectivity index (χ2v) is 3.95. The Morgan fingerprint density at radius 1 is 1.16 bits per heavy atom. The van der Waals surface area contributed by atoms with Crippen LogP contribution in [0.25, 0.3) is 0 Å². The number of nitrogens with two attached hydrogens (primary N) is 2. The van der Waals surface area contributed by atoms with E-state index in [4.69, 9.17) is 11.6 Å². The Hall–Kier alpha value is -2.41. The van der Waals surface area contributed by atoms with Gasteiger partial charge in [0.2, 0.25) is 5.95 Å². The third kappa shape index (κ3) is 3.78. The van der Waals surface area contributed by atoms with E-state index < -0.39 is 0 Å². The third-order valence-electron chi connectivity index (χ3n) is 2.50. The number of nitrogen functional groups attached to an aromatic ring is 2. The zero-order chi connectivity index (χ0) is 13.7. The fourth-order valence-electron chi connectivity index (χ4n) is 1.66. The summed E-state index contributed by atoms with van der Waals surface area (Å²) in [5, 5.41) is 3.08. The van der Waals surface area contributed by atoms with Gasteiger partial charge in [0.1, 0.15) is 17.5 Å². The molecule has 0 aliphatic rings. The average molecular weight is 262 g/mol. The summed E-state index contributed by atoms with van der Waals surface area (Å²) < 4.78 is 13.0. The number of hydrazine groups is 1. The summed E-state index contributed by atoms with van der Waals surface area (Å²) in [6.07, 6.45) is 0.674. The van der Waals surface area contributed by atoms with Crippen LogP contribution in [0.2, 0.25) is 0 Å². The van der Waals surface area contributed by atoms with Gasteiger partial charge in [-0.05, 0) is 24.1 Å². The standard InChI is InChI=1S/C12H15FN6/c13-9-3-1-2-8(6-9)4-5-16-10-7-11(19-15)18-12(14)17-10/h1-3,6-7H,4-5,15H2,(H4,14,16,17,18,19). The predicted octanol–water partition coefficient (Wildman–Crippen LogP) is 1.14. The van der Waals surface area contributed by atoms with Crippen LogP contribution in [-0.4, -0.2) is 16.5 Å². The average Bonchev–Trinajstić information content (AvgIpc) is 2.38. The zero-order valence-corrected chi connectivity index (χ0v) is 10.2. The monoisotopic (exact) mass is 262 g/mol. The minimum Gasteiger partial charge on any atom is -0.370 e. The van der Waals surface area contributed by atoms with E-state index in [2.05, 4.69) is 20.7 Å². The van der Waals surface area contributed by atoms with E-state index in [-0.39, 0.29) is 11.8 Å². The first-order valence-corrected chi connectivity index (χ1v) is 5.77. The van der Waals surface area contributed by atoms with Crippen LogP contribution in [0.15, 0.2) is 30.3 Å². The van der Waals surface area contributed by atoms with Gasteiger partial charge >= 0.3 is 0 Å². The van der Waals surface area contributed by atoms with Crippen molar-refractivity contribution in [3.05, 3.63) is 41.7 Å². The molecule has 1 heterocycles. The molecule has 0 unspecified atom stereocenters. The Bertz CT molecular complexity index is 560. The SMILES string of the molecule is NNc1cc(NCCc2cccc(F)c2)nc(N)n1. The van der Waals surface area contributed by atoms with Crippen molar-refractivity contribution in [3.63, 3.8) is 0 Å². The lowest BCUT2D eigenvalue weighted by molar-refractivity contribution is 0.625. The fourth-order valence-corrected chi connectivity index (χ4v) is 1.66. The van der Waals surface area contributed by atoms with Crippen molar-refractivity contribution in [2.24, 2.45) is 5.84 Å². The normalized spacial score (nSPS) is 10.2. The van der Waals surface area contributed by atoms with Crippen LogP contribution >= 0.6 is 0 Å². The first-order chi connectivity index (χ1) is 9.17. The van der Waals surface area contributed by atoms with E-state index in [1.54, 1.807) is 12.1 Å². The summed E-state index contributed by atoms with van der Waals surface area (Å²) in [5.41, 5.74) is 8.84. The molecule has 0 radical (unpaired) electrons. The number of nitrogens with zero attached hydrogens (tertiary/aromatic N) is 2. The van der Waals surface area contributed by atoms with Crippen LogP contribution in [-0.2, 0) is 6.42 Å². The van der Waals surface area contributed by atoms with Crippen molar-refractivity contribution in [2.75, 3.05) is 23.0 Å². The molecule has 0 saturated heterocycles. The van der Waals surface area contributed by atoms with Crippen molar-refractivity contribution in [1.29, 1.82) is 0 Å². The van der Waals surface area contributed by atoms with Gasteiger partial charge in [-0.3, -0.25) is 0 Å². The molecule has 1 aromatic heterocycles. The predicted molar refractivity (Wildman–Crippen MR) is 72.8 cm³/mol. The molecule has 19 heavy (non-hydrogen) atoms. The summed E-state index contributed by atoms with van der Waals surface area (Å²) in [5.74, 6) is 6.15. The molecule has 0 amide bonds. The lowest BCUT2D eigenvalue weighted by Crippen LogP contribution is -2.13.